The number of hydrogen-bond acceptors (Lipinski definition) is 5. The molecule has 2 atom stereocenters. The fourth-order valence-corrected chi connectivity index (χ4v) is 3.42. The fraction of sp³-hybridized carbons (Fsp3) is 0.240. The Balaban J connectivity index is 1.69. The van der Waals surface area contributed by atoms with E-state index in [1.165, 1.54) is 5.06 Å². The maximum Gasteiger partial charge on any atom is 0.233 e. The number of hydrogen-bond donors (Lipinski definition) is 2. The fourth-order valence-electron chi connectivity index (χ4n) is 3.42. The van der Waals surface area contributed by atoms with Gasteiger partial charge in [0, 0.05) is 13.1 Å². The molecule has 2 unspecified atom stereocenters. The first-order valence-corrected chi connectivity index (χ1v) is 10.3. The maximum atomic E-state index is 11.9. The van der Waals surface area contributed by atoms with Crippen LogP contribution < -0.4 is 5.84 Å². The van der Waals surface area contributed by atoms with Gasteiger partial charge >= 0.3 is 0 Å². The third-order valence-electron chi connectivity index (χ3n) is 5.04. The van der Waals surface area contributed by atoms with Crippen molar-refractivity contribution >= 4 is 6.41 Å². The van der Waals surface area contributed by atoms with Crippen molar-refractivity contribution in [3.63, 3.8) is 0 Å². The molecule has 162 valence electrons. The van der Waals surface area contributed by atoms with Crippen LogP contribution in [0.25, 0.3) is 0 Å². The van der Waals surface area contributed by atoms with Gasteiger partial charge in [-0.15, -0.1) is 0 Å². The number of nitrogens with zero attached hydrogens (tertiary/aromatic N) is 2. The van der Waals surface area contributed by atoms with Crippen molar-refractivity contribution in [3.05, 3.63) is 108 Å². The van der Waals surface area contributed by atoms with Crippen molar-refractivity contribution in [2.45, 2.75) is 31.7 Å². The van der Waals surface area contributed by atoms with Crippen molar-refractivity contribution in [1.29, 1.82) is 0 Å². The number of rotatable bonds is 12. The minimum Gasteiger partial charge on any atom is -0.389 e. The van der Waals surface area contributed by atoms with E-state index in [0.717, 1.165) is 16.7 Å². The molecule has 0 aliphatic carbocycles. The second-order valence-corrected chi connectivity index (χ2v) is 7.46. The molecule has 1 amide bonds. The third kappa shape index (κ3) is 7.31. The topological polar surface area (TPSA) is 79.0 Å². The summed E-state index contributed by atoms with van der Waals surface area (Å²) in [5.41, 5.74) is 2.98. The lowest BCUT2D eigenvalue weighted by Gasteiger charge is -2.33. The summed E-state index contributed by atoms with van der Waals surface area (Å²) in [6.45, 7) is 0.904. The molecular weight excluding hydrogens is 390 g/mol. The normalized spacial score (nSPS) is 13.0. The van der Waals surface area contributed by atoms with Gasteiger partial charge in [-0.2, -0.15) is 0 Å². The third-order valence-corrected chi connectivity index (χ3v) is 5.04. The Morgan fingerprint density at radius 2 is 1.35 bits per heavy atom. The molecule has 3 aromatic carbocycles. The molecule has 0 fully saturated rings. The van der Waals surface area contributed by atoms with Crippen molar-refractivity contribution < 1.29 is 14.7 Å². The van der Waals surface area contributed by atoms with Crippen LogP contribution in [0, 0.1) is 0 Å². The first-order valence-electron chi connectivity index (χ1n) is 10.3. The molecular formula is C25H29N3O3. The van der Waals surface area contributed by atoms with Crippen LogP contribution >= 0.6 is 0 Å². The molecule has 6 heteroatoms. The molecule has 0 saturated carbocycles. The zero-order valence-electron chi connectivity index (χ0n) is 17.5. The largest absolute Gasteiger partial charge is 0.389 e. The lowest BCUT2D eigenvalue weighted by atomic mass is 10.0. The molecule has 3 rings (SSSR count). The Hall–Kier alpha value is -3.03. The number of hydroxylamine groups is 2. The first-order chi connectivity index (χ1) is 15.2. The van der Waals surface area contributed by atoms with Gasteiger partial charge < -0.3 is 5.11 Å². The molecule has 0 aliphatic rings. The zero-order chi connectivity index (χ0) is 21.9. The van der Waals surface area contributed by atoms with Crippen LogP contribution in [0.5, 0.6) is 0 Å². The summed E-state index contributed by atoms with van der Waals surface area (Å²) >= 11 is 0. The van der Waals surface area contributed by atoms with Crippen molar-refractivity contribution in [2.75, 3.05) is 6.54 Å². The smallest absolute Gasteiger partial charge is 0.233 e. The summed E-state index contributed by atoms with van der Waals surface area (Å²) in [4.78, 5) is 17.7. The van der Waals surface area contributed by atoms with E-state index in [-0.39, 0.29) is 13.2 Å². The van der Waals surface area contributed by atoms with Crippen LogP contribution in [-0.4, -0.2) is 40.3 Å². The van der Waals surface area contributed by atoms with E-state index < -0.39 is 12.1 Å². The van der Waals surface area contributed by atoms with E-state index in [1.54, 1.807) is 5.01 Å². The summed E-state index contributed by atoms with van der Waals surface area (Å²) in [5.74, 6) is 6.17. The molecule has 0 bridgehead atoms. The van der Waals surface area contributed by atoms with E-state index in [1.807, 2.05) is 91.0 Å². The number of hydrazine groups is 1. The predicted molar refractivity (Wildman–Crippen MR) is 120 cm³/mol. The lowest BCUT2D eigenvalue weighted by Crippen LogP contribution is -2.50. The lowest BCUT2D eigenvalue weighted by molar-refractivity contribution is -0.205. The second-order valence-electron chi connectivity index (χ2n) is 7.46. The molecule has 0 spiro atoms. The van der Waals surface area contributed by atoms with Gasteiger partial charge in [0.1, 0.15) is 6.61 Å². The summed E-state index contributed by atoms with van der Waals surface area (Å²) in [7, 11) is 0. The van der Waals surface area contributed by atoms with Gasteiger partial charge in [0.25, 0.3) is 0 Å². The number of carbonyl (C=O) groups excluding carboxylic acids is 1. The van der Waals surface area contributed by atoms with E-state index in [0.29, 0.717) is 19.4 Å². The average Bonchev–Trinajstić information content (AvgIpc) is 2.80. The Kier molecular flexibility index (Phi) is 8.75. The molecule has 0 radical (unpaired) electrons. The van der Waals surface area contributed by atoms with Crippen LogP contribution in [-0.2, 0) is 29.2 Å². The number of amides is 1. The standard InChI is InChI=1S/C25H29N3O3/c26-27(17-22-12-6-2-7-13-22)18-25(30)24(16-21-10-4-1-5-11-21)28(20-29)31-19-23-14-8-3-9-15-23/h1-15,20,24-25,30H,16-19,26H2. The zero-order valence-corrected chi connectivity index (χ0v) is 17.5. The van der Waals surface area contributed by atoms with Crippen LogP contribution in [0.15, 0.2) is 91.0 Å². The average molecular weight is 420 g/mol. The van der Waals surface area contributed by atoms with Crippen molar-refractivity contribution in [3.8, 4) is 0 Å². The number of aliphatic hydroxyl groups is 1. The predicted octanol–water partition coefficient (Wildman–Crippen LogP) is 2.92. The van der Waals surface area contributed by atoms with Crippen LogP contribution in [0.2, 0.25) is 0 Å². The quantitative estimate of drug-likeness (QED) is 0.268. The first kappa shape index (κ1) is 22.7. The number of carbonyl (C=O) groups is 1. The highest BCUT2D eigenvalue weighted by atomic mass is 16.7. The molecule has 31 heavy (non-hydrogen) atoms. The van der Waals surface area contributed by atoms with E-state index >= 15 is 0 Å². The highest BCUT2D eigenvalue weighted by molar-refractivity contribution is 5.46. The van der Waals surface area contributed by atoms with Gasteiger partial charge in [0.2, 0.25) is 6.41 Å². The van der Waals surface area contributed by atoms with Gasteiger partial charge in [0.05, 0.1) is 12.1 Å². The Morgan fingerprint density at radius 1 is 0.839 bits per heavy atom. The van der Waals surface area contributed by atoms with Crippen molar-refractivity contribution in [2.24, 2.45) is 5.84 Å². The van der Waals surface area contributed by atoms with E-state index in [4.69, 9.17) is 10.7 Å². The molecule has 0 saturated heterocycles. The summed E-state index contributed by atoms with van der Waals surface area (Å²) in [6, 6.07) is 28.5. The molecule has 3 N–H and O–H groups in total. The van der Waals surface area contributed by atoms with E-state index in [2.05, 4.69) is 0 Å². The van der Waals surface area contributed by atoms with Gasteiger partial charge in [0.15, 0.2) is 0 Å². The van der Waals surface area contributed by atoms with Gasteiger partial charge in [-0.05, 0) is 23.1 Å². The minimum absolute atomic E-state index is 0.186. The van der Waals surface area contributed by atoms with Crippen LogP contribution in [0.1, 0.15) is 16.7 Å². The summed E-state index contributed by atoms with van der Waals surface area (Å²) in [6.07, 6.45) is 0.155. The second kappa shape index (κ2) is 12.0. The summed E-state index contributed by atoms with van der Waals surface area (Å²) in [5, 5.41) is 13.8. The van der Waals surface area contributed by atoms with E-state index in [9.17, 15) is 9.90 Å². The Labute approximate surface area is 183 Å². The number of aliphatic hydroxyl groups excluding tert-OH is 1. The SMILES string of the molecule is NN(Cc1ccccc1)CC(O)C(Cc1ccccc1)N(C=O)OCc1ccccc1. The van der Waals surface area contributed by atoms with Gasteiger partial charge in [-0.25, -0.2) is 10.1 Å². The summed E-state index contributed by atoms with van der Waals surface area (Å²) < 4.78 is 0. The van der Waals surface area contributed by atoms with Crippen LogP contribution in [0.4, 0.5) is 0 Å². The molecule has 0 aromatic heterocycles. The maximum absolute atomic E-state index is 11.9. The number of benzene rings is 3. The Morgan fingerprint density at radius 3 is 1.90 bits per heavy atom. The number of nitrogens with two attached hydrogens (primary N) is 1. The van der Waals surface area contributed by atoms with Crippen molar-refractivity contribution in [1.82, 2.24) is 10.1 Å². The monoisotopic (exact) mass is 419 g/mol. The highest BCUT2D eigenvalue weighted by Crippen LogP contribution is 2.15. The minimum atomic E-state index is -0.908. The van der Waals surface area contributed by atoms with Gasteiger partial charge in [-0.3, -0.25) is 15.5 Å². The highest BCUT2D eigenvalue weighted by Gasteiger charge is 2.28. The molecule has 3 aromatic rings. The Bertz CT molecular complexity index is 894. The van der Waals surface area contributed by atoms with Crippen LogP contribution in [0.3, 0.4) is 0 Å². The van der Waals surface area contributed by atoms with Gasteiger partial charge in [-0.1, -0.05) is 91.0 Å². The molecule has 0 heterocycles. The molecule has 6 nitrogen and oxygen atoms in total. The molecule has 0 aliphatic heterocycles.